The molecular weight excluding hydrogens is 298 g/mol. The van der Waals surface area contributed by atoms with Crippen LogP contribution in [0.5, 0.6) is 5.75 Å². The minimum atomic E-state index is -3.01. The standard InChI is InChI=1S/C14H22ClNO3S/c1-3-12(16)9-11-5-6-14(13(15)10-11)19-7-8-20(17,18)4-2/h5-6,10,12H,3-4,7-9,16H2,1-2H3. The summed E-state index contributed by atoms with van der Waals surface area (Å²) in [5.74, 6) is 0.632. The lowest BCUT2D eigenvalue weighted by Gasteiger charge is -2.12. The van der Waals surface area contributed by atoms with E-state index in [0.29, 0.717) is 10.8 Å². The van der Waals surface area contributed by atoms with E-state index < -0.39 is 9.84 Å². The van der Waals surface area contributed by atoms with Gasteiger partial charge in [0.05, 0.1) is 10.8 Å². The third-order valence-electron chi connectivity index (χ3n) is 3.11. The van der Waals surface area contributed by atoms with Gasteiger partial charge in [-0.2, -0.15) is 0 Å². The Balaban J connectivity index is 2.60. The molecule has 0 aliphatic carbocycles. The van der Waals surface area contributed by atoms with Gasteiger partial charge >= 0.3 is 0 Å². The van der Waals surface area contributed by atoms with E-state index >= 15 is 0 Å². The summed E-state index contributed by atoms with van der Waals surface area (Å²) in [7, 11) is -3.01. The summed E-state index contributed by atoms with van der Waals surface area (Å²) >= 11 is 6.12. The van der Waals surface area contributed by atoms with Crippen molar-refractivity contribution in [1.82, 2.24) is 0 Å². The number of hydrogen-bond acceptors (Lipinski definition) is 4. The third kappa shape index (κ3) is 5.69. The van der Waals surface area contributed by atoms with Crippen LogP contribution in [0.25, 0.3) is 0 Å². The zero-order chi connectivity index (χ0) is 15.2. The lowest BCUT2D eigenvalue weighted by Crippen LogP contribution is -2.21. The first-order valence-electron chi connectivity index (χ1n) is 6.75. The van der Waals surface area contributed by atoms with Crippen molar-refractivity contribution >= 4 is 21.4 Å². The number of hydrogen-bond donors (Lipinski definition) is 1. The maximum absolute atomic E-state index is 11.4. The SMILES string of the molecule is CCC(N)Cc1ccc(OCCS(=O)(=O)CC)c(Cl)c1. The fourth-order valence-electron chi connectivity index (χ4n) is 1.66. The van der Waals surface area contributed by atoms with E-state index in [1.54, 1.807) is 13.0 Å². The Morgan fingerprint density at radius 3 is 2.60 bits per heavy atom. The van der Waals surface area contributed by atoms with E-state index in [-0.39, 0.29) is 24.2 Å². The van der Waals surface area contributed by atoms with Crippen LogP contribution in [0.3, 0.4) is 0 Å². The van der Waals surface area contributed by atoms with Crippen molar-refractivity contribution in [2.75, 3.05) is 18.1 Å². The van der Waals surface area contributed by atoms with Gasteiger partial charge in [0.15, 0.2) is 9.84 Å². The number of nitrogens with two attached hydrogens (primary N) is 1. The van der Waals surface area contributed by atoms with Gasteiger partial charge in [0, 0.05) is 11.8 Å². The molecule has 0 aliphatic rings. The van der Waals surface area contributed by atoms with E-state index in [1.165, 1.54) is 0 Å². The average molecular weight is 320 g/mol. The molecule has 114 valence electrons. The summed E-state index contributed by atoms with van der Waals surface area (Å²) in [5, 5.41) is 0.486. The van der Waals surface area contributed by atoms with Crippen molar-refractivity contribution in [3.63, 3.8) is 0 Å². The number of sulfone groups is 1. The maximum atomic E-state index is 11.4. The average Bonchev–Trinajstić information content (AvgIpc) is 2.41. The van der Waals surface area contributed by atoms with E-state index in [9.17, 15) is 8.42 Å². The molecule has 6 heteroatoms. The van der Waals surface area contributed by atoms with Crippen LogP contribution < -0.4 is 10.5 Å². The van der Waals surface area contributed by atoms with Gasteiger partial charge < -0.3 is 10.5 Å². The first kappa shape index (κ1) is 17.3. The molecule has 0 heterocycles. The van der Waals surface area contributed by atoms with Gasteiger partial charge in [-0.25, -0.2) is 8.42 Å². The van der Waals surface area contributed by atoms with Crippen LogP contribution in [-0.2, 0) is 16.3 Å². The van der Waals surface area contributed by atoms with Gasteiger partial charge in [-0.05, 0) is 30.5 Å². The molecule has 1 rings (SSSR count). The second-order valence-electron chi connectivity index (χ2n) is 4.72. The van der Waals surface area contributed by atoms with Crippen LogP contribution >= 0.6 is 11.6 Å². The van der Waals surface area contributed by atoms with Crippen molar-refractivity contribution in [2.45, 2.75) is 32.7 Å². The van der Waals surface area contributed by atoms with E-state index in [4.69, 9.17) is 22.1 Å². The molecule has 0 spiro atoms. The van der Waals surface area contributed by atoms with E-state index in [1.807, 2.05) is 19.1 Å². The first-order valence-corrected chi connectivity index (χ1v) is 8.95. The molecule has 20 heavy (non-hydrogen) atoms. The van der Waals surface area contributed by atoms with Crippen LogP contribution in [0.4, 0.5) is 0 Å². The minimum Gasteiger partial charge on any atom is -0.491 e. The molecule has 1 unspecified atom stereocenters. The Labute approximate surface area is 126 Å². The molecule has 0 amide bonds. The third-order valence-corrected chi connectivity index (χ3v) is 5.07. The summed E-state index contributed by atoms with van der Waals surface area (Å²) in [6, 6.07) is 5.61. The molecule has 1 aromatic rings. The van der Waals surface area contributed by atoms with Gasteiger partial charge in [-0.1, -0.05) is 31.5 Å². The molecule has 0 radical (unpaired) electrons. The van der Waals surface area contributed by atoms with Crippen LogP contribution in [-0.4, -0.2) is 32.6 Å². The van der Waals surface area contributed by atoms with Crippen LogP contribution in [0.15, 0.2) is 18.2 Å². The lowest BCUT2D eigenvalue weighted by atomic mass is 10.0. The van der Waals surface area contributed by atoms with E-state index in [2.05, 4.69) is 0 Å². The van der Waals surface area contributed by atoms with Crippen molar-refractivity contribution in [3.8, 4) is 5.75 Å². The summed E-state index contributed by atoms with van der Waals surface area (Å²) in [5.41, 5.74) is 6.95. The fraction of sp³-hybridized carbons (Fsp3) is 0.571. The molecular formula is C14H22ClNO3S. The second-order valence-corrected chi connectivity index (χ2v) is 7.60. The predicted octanol–water partition coefficient (Wildman–Crippen LogP) is 2.43. The van der Waals surface area contributed by atoms with Crippen molar-refractivity contribution in [1.29, 1.82) is 0 Å². The number of halogens is 1. The summed E-state index contributed by atoms with van der Waals surface area (Å²) in [6.07, 6.45) is 1.67. The highest BCUT2D eigenvalue weighted by atomic mass is 35.5. The van der Waals surface area contributed by atoms with Crippen LogP contribution in [0.1, 0.15) is 25.8 Å². The molecule has 0 saturated heterocycles. The summed E-state index contributed by atoms with van der Waals surface area (Å²) in [4.78, 5) is 0. The Kier molecular flexibility index (Phi) is 6.79. The lowest BCUT2D eigenvalue weighted by molar-refractivity contribution is 0.341. The largest absolute Gasteiger partial charge is 0.491 e. The highest BCUT2D eigenvalue weighted by Gasteiger charge is 2.10. The van der Waals surface area contributed by atoms with Crippen molar-refractivity contribution in [3.05, 3.63) is 28.8 Å². The van der Waals surface area contributed by atoms with Gasteiger partial charge in [-0.15, -0.1) is 0 Å². The molecule has 0 aromatic heterocycles. The normalized spacial score (nSPS) is 13.2. The second kappa shape index (κ2) is 7.86. The fourth-order valence-corrected chi connectivity index (χ4v) is 2.54. The number of ether oxygens (including phenoxy) is 1. The van der Waals surface area contributed by atoms with Gasteiger partial charge in [0.25, 0.3) is 0 Å². The molecule has 0 aliphatic heterocycles. The molecule has 1 atom stereocenters. The van der Waals surface area contributed by atoms with Gasteiger partial charge in [0.2, 0.25) is 0 Å². The van der Waals surface area contributed by atoms with Crippen LogP contribution in [0.2, 0.25) is 5.02 Å². The molecule has 4 nitrogen and oxygen atoms in total. The molecule has 0 bridgehead atoms. The summed E-state index contributed by atoms with van der Waals surface area (Å²) in [6.45, 7) is 3.77. The topological polar surface area (TPSA) is 69.4 Å². The Bertz CT molecular complexity index is 531. The van der Waals surface area contributed by atoms with Gasteiger partial charge in [0.1, 0.15) is 12.4 Å². The maximum Gasteiger partial charge on any atom is 0.153 e. The highest BCUT2D eigenvalue weighted by Crippen LogP contribution is 2.26. The Morgan fingerprint density at radius 2 is 2.05 bits per heavy atom. The Morgan fingerprint density at radius 1 is 1.35 bits per heavy atom. The van der Waals surface area contributed by atoms with Crippen molar-refractivity contribution < 1.29 is 13.2 Å². The molecule has 2 N–H and O–H groups in total. The monoisotopic (exact) mass is 319 g/mol. The molecule has 0 fully saturated rings. The van der Waals surface area contributed by atoms with Crippen LogP contribution in [0, 0.1) is 0 Å². The first-order chi connectivity index (χ1) is 9.38. The highest BCUT2D eigenvalue weighted by molar-refractivity contribution is 7.91. The quantitative estimate of drug-likeness (QED) is 0.799. The zero-order valence-electron chi connectivity index (χ0n) is 11.9. The Hall–Kier alpha value is -0.780. The minimum absolute atomic E-state index is 0.00227. The smallest absolute Gasteiger partial charge is 0.153 e. The van der Waals surface area contributed by atoms with Crippen molar-refractivity contribution in [2.24, 2.45) is 5.73 Å². The van der Waals surface area contributed by atoms with Gasteiger partial charge in [-0.3, -0.25) is 0 Å². The summed E-state index contributed by atoms with van der Waals surface area (Å²) < 4.78 is 28.1. The zero-order valence-corrected chi connectivity index (χ0v) is 13.5. The van der Waals surface area contributed by atoms with E-state index in [0.717, 1.165) is 18.4 Å². The number of benzene rings is 1. The number of rotatable bonds is 8. The molecule has 1 aromatic carbocycles. The molecule has 0 saturated carbocycles. The predicted molar refractivity (Wildman–Crippen MR) is 83.2 cm³/mol.